The molecule has 1 saturated heterocycles. The highest BCUT2D eigenvalue weighted by atomic mass is 16.7. The van der Waals surface area contributed by atoms with Crippen molar-refractivity contribution >= 4 is 41.6 Å². The summed E-state index contributed by atoms with van der Waals surface area (Å²) in [4.78, 5) is 95.4. The molecule has 0 unspecified atom stereocenters. The third kappa shape index (κ3) is 14.6. The number of fused-ring (bicyclic) bond motifs is 1. The van der Waals surface area contributed by atoms with E-state index in [4.69, 9.17) is 33.4 Å². The SMILES string of the molecule is CC(C)(C)OC(=O)N[C@@H](CCCCNC(=O)CCOCCOCCOCCOCCON1C(=O)c2ccccc2C1=O)C(=O)ON1C(=O)CCC1=O. The second-order valence-corrected chi connectivity index (χ2v) is 12.5. The van der Waals surface area contributed by atoms with E-state index in [1.54, 1.807) is 45.0 Å². The van der Waals surface area contributed by atoms with Crippen molar-refractivity contribution in [2.75, 3.05) is 66.0 Å². The summed E-state index contributed by atoms with van der Waals surface area (Å²) in [6.45, 7) is 7.60. The van der Waals surface area contributed by atoms with Crippen LogP contribution in [0, 0.1) is 0 Å². The van der Waals surface area contributed by atoms with Crippen LogP contribution >= 0.6 is 0 Å². The molecule has 0 radical (unpaired) electrons. The normalized spacial score (nSPS) is 14.8. The van der Waals surface area contributed by atoms with Crippen LogP contribution in [0.3, 0.4) is 0 Å². The summed E-state index contributed by atoms with van der Waals surface area (Å²) in [5.74, 6) is -3.45. The van der Waals surface area contributed by atoms with Gasteiger partial charge in [0.2, 0.25) is 5.91 Å². The number of hydroxylamine groups is 4. The number of nitrogens with one attached hydrogen (secondary N) is 2. The van der Waals surface area contributed by atoms with Crippen LogP contribution in [0.4, 0.5) is 4.79 Å². The Hall–Kier alpha value is -4.49. The van der Waals surface area contributed by atoms with Crippen molar-refractivity contribution < 1.29 is 66.9 Å². The standard InChI is InChI=1S/C34H48N4O14/c1-34(2,3)51-33(45)36-26(32(44)52-37-28(40)11-12-29(37)41)10-6-7-14-35-27(39)13-15-46-16-17-47-18-19-48-20-21-49-22-23-50-38-30(42)24-8-4-5-9-25(24)31(38)43/h4-5,8-9,26H,6-7,10-23H2,1-3H3,(H,35,39)(H,36,45)/t26-/m0/s1. The average molecular weight is 737 g/mol. The fourth-order valence-electron chi connectivity index (χ4n) is 4.70. The molecule has 1 fully saturated rings. The first-order chi connectivity index (χ1) is 24.9. The zero-order valence-electron chi connectivity index (χ0n) is 29.8. The maximum absolute atomic E-state index is 12.7. The van der Waals surface area contributed by atoms with Crippen LogP contribution in [0.5, 0.6) is 0 Å². The van der Waals surface area contributed by atoms with Crippen molar-refractivity contribution in [1.29, 1.82) is 0 Å². The van der Waals surface area contributed by atoms with Gasteiger partial charge in [0.15, 0.2) is 0 Å². The van der Waals surface area contributed by atoms with Crippen molar-refractivity contribution in [2.24, 2.45) is 0 Å². The third-order valence-electron chi connectivity index (χ3n) is 7.20. The van der Waals surface area contributed by atoms with E-state index < -0.39 is 47.3 Å². The number of alkyl carbamates (subject to hydrolysis) is 1. The topological polar surface area (TPSA) is 215 Å². The average Bonchev–Trinajstić information content (AvgIpc) is 3.53. The van der Waals surface area contributed by atoms with Crippen molar-refractivity contribution in [2.45, 2.75) is 70.9 Å². The molecule has 3 rings (SSSR count). The Morgan fingerprint density at radius 3 is 1.79 bits per heavy atom. The van der Waals surface area contributed by atoms with E-state index in [0.29, 0.717) is 75.2 Å². The highest BCUT2D eigenvalue weighted by Gasteiger charge is 2.37. The summed E-state index contributed by atoms with van der Waals surface area (Å²) in [7, 11) is 0. The molecule has 1 aromatic rings. The molecule has 0 saturated carbocycles. The summed E-state index contributed by atoms with van der Waals surface area (Å²) in [6.07, 6.45) is 0.158. The number of unbranched alkanes of at least 4 members (excludes halogenated alkanes) is 1. The van der Waals surface area contributed by atoms with Gasteiger partial charge in [0.1, 0.15) is 11.6 Å². The van der Waals surface area contributed by atoms with Gasteiger partial charge in [-0.1, -0.05) is 12.1 Å². The number of carbonyl (C=O) groups excluding carboxylic acids is 7. The first-order valence-corrected chi connectivity index (χ1v) is 17.1. The molecule has 2 aliphatic rings. The first kappa shape index (κ1) is 41.9. The maximum Gasteiger partial charge on any atom is 0.408 e. The highest BCUT2D eigenvalue weighted by Crippen LogP contribution is 2.22. The summed E-state index contributed by atoms with van der Waals surface area (Å²) < 4.78 is 26.9. The number of carbonyl (C=O) groups is 7. The van der Waals surface area contributed by atoms with Crippen LogP contribution < -0.4 is 10.6 Å². The Bertz CT molecular complexity index is 1350. The monoisotopic (exact) mass is 736 g/mol. The molecular weight excluding hydrogens is 688 g/mol. The molecule has 0 spiro atoms. The lowest BCUT2D eigenvalue weighted by Gasteiger charge is -2.23. The van der Waals surface area contributed by atoms with Crippen LogP contribution in [0.2, 0.25) is 0 Å². The zero-order chi connectivity index (χ0) is 37.9. The van der Waals surface area contributed by atoms with Gasteiger partial charge in [-0.05, 0) is 52.2 Å². The van der Waals surface area contributed by atoms with Crippen LogP contribution in [0.25, 0.3) is 0 Å². The number of amides is 6. The van der Waals surface area contributed by atoms with Gasteiger partial charge in [0.05, 0.1) is 70.6 Å². The van der Waals surface area contributed by atoms with E-state index in [9.17, 15) is 33.6 Å². The molecule has 1 atom stereocenters. The minimum absolute atomic E-state index is 0.0306. The maximum atomic E-state index is 12.7. The number of ether oxygens (including phenoxy) is 5. The molecule has 52 heavy (non-hydrogen) atoms. The number of rotatable bonds is 24. The molecule has 1 aromatic carbocycles. The number of hydrogen-bond donors (Lipinski definition) is 2. The van der Waals surface area contributed by atoms with Crippen molar-refractivity contribution in [1.82, 2.24) is 20.8 Å². The lowest BCUT2D eigenvalue weighted by atomic mass is 10.1. The predicted octanol–water partition coefficient (Wildman–Crippen LogP) is 1.46. The van der Waals surface area contributed by atoms with Gasteiger partial charge in [0.25, 0.3) is 23.6 Å². The van der Waals surface area contributed by atoms with Crippen molar-refractivity contribution in [3.8, 4) is 0 Å². The van der Waals surface area contributed by atoms with Gasteiger partial charge in [0, 0.05) is 25.8 Å². The van der Waals surface area contributed by atoms with Crippen LogP contribution in [-0.2, 0) is 52.5 Å². The van der Waals surface area contributed by atoms with Gasteiger partial charge < -0.3 is 39.2 Å². The fraction of sp³-hybridized carbons (Fsp3) is 0.618. The number of nitrogens with zero attached hydrogens (tertiary/aromatic N) is 2. The quantitative estimate of drug-likeness (QED) is 0.114. The largest absolute Gasteiger partial charge is 0.444 e. The first-order valence-electron chi connectivity index (χ1n) is 17.1. The van der Waals surface area contributed by atoms with Gasteiger partial charge in [-0.3, -0.25) is 28.8 Å². The molecule has 6 amide bonds. The summed E-state index contributed by atoms with van der Waals surface area (Å²) in [5.41, 5.74) is -0.191. The minimum atomic E-state index is -1.18. The summed E-state index contributed by atoms with van der Waals surface area (Å²) >= 11 is 0. The number of benzene rings is 1. The minimum Gasteiger partial charge on any atom is -0.444 e. The van der Waals surface area contributed by atoms with Gasteiger partial charge in [-0.15, -0.1) is 10.1 Å². The van der Waals surface area contributed by atoms with Crippen molar-refractivity contribution in [3.05, 3.63) is 35.4 Å². The number of hydrogen-bond acceptors (Lipinski definition) is 14. The van der Waals surface area contributed by atoms with E-state index in [1.165, 1.54) is 0 Å². The van der Waals surface area contributed by atoms with E-state index >= 15 is 0 Å². The van der Waals surface area contributed by atoms with E-state index in [1.807, 2.05) is 0 Å². The molecular formula is C34H48N4O14. The molecule has 18 heteroatoms. The molecule has 2 heterocycles. The van der Waals surface area contributed by atoms with E-state index in [2.05, 4.69) is 10.6 Å². The van der Waals surface area contributed by atoms with Crippen LogP contribution in [0.15, 0.2) is 24.3 Å². The molecule has 0 aliphatic carbocycles. The fourth-order valence-corrected chi connectivity index (χ4v) is 4.70. The Labute approximate surface area is 301 Å². The Morgan fingerprint density at radius 2 is 1.25 bits per heavy atom. The second kappa shape index (κ2) is 21.8. The lowest BCUT2D eigenvalue weighted by Crippen LogP contribution is -2.46. The Morgan fingerprint density at radius 1 is 0.731 bits per heavy atom. The Balaban J connectivity index is 1.13. The van der Waals surface area contributed by atoms with Crippen LogP contribution in [0.1, 0.15) is 80.0 Å². The van der Waals surface area contributed by atoms with Gasteiger partial charge >= 0.3 is 12.1 Å². The Kier molecular flexibility index (Phi) is 17.6. The molecule has 288 valence electrons. The van der Waals surface area contributed by atoms with Crippen molar-refractivity contribution in [3.63, 3.8) is 0 Å². The second-order valence-electron chi connectivity index (χ2n) is 12.5. The third-order valence-corrected chi connectivity index (χ3v) is 7.20. The van der Waals surface area contributed by atoms with E-state index in [0.717, 1.165) is 5.06 Å². The summed E-state index contributed by atoms with van der Waals surface area (Å²) in [6, 6.07) is 5.34. The molecule has 2 N–H and O–H groups in total. The van der Waals surface area contributed by atoms with Gasteiger partial charge in [-0.25, -0.2) is 9.59 Å². The molecule has 0 aromatic heterocycles. The zero-order valence-corrected chi connectivity index (χ0v) is 29.8. The van der Waals surface area contributed by atoms with Gasteiger partial charge in [-0.2, -0.15) is 0 Å². The molecule has 18 nitrogen and oxygen atoms in total. The summed E-state index contributed by atoms with van der Waals surface area (Å²) in [5, 5.41) is 6.34. The van der Waals surface area contributed by atoms with E-state index in [-0.39, 0.29) is 51.4 Å². The lowest BCUT2D eigenvalue weighted by molar-refractivity contribution is -0.199. The highest BCUT2D eigenvalue weighted by molar-refractivity contribution is 6.20. The van der Waals surface area contributed by atoms with Crippen LogP contribution in [-0.4, -0.2) is 129 Å². The molecule has 0 bridgehead atoms. The molecule has 2 aliphatic heterocycles. The predicted molar refractivity (Wildman–Crippen MR) is 178 cm³/mol. The number of imide groups is 2. The smallest absolute Gasteiger partial charge is 0.408 e.